The third-order valence-corrected chi connectivity index (χ3v) is 12.0. The van der Waals surface area contributed by atoms with E-state index in [9.17, 15) is 9.59 Å². The molecule has 6 aromatic rings. The van der Waals surface area contributed by atoms with Crippen molar-refractivity contribution >= 4 is 63.1 Å². The molecule has 5 heteroatoms. The van der Waals surface area contributed by atoms with Gasteiger partial charge in [0.1, 0.15) is 18.4 Å². The van der Waals surface area contributed by atoms with E-state index in [1.165, 1.54) is 43.8 Å². The van der Waals surface area contributed by atoms with Crippen LogP contribution in [-0.2, 0) is 40.1 Å². The van der Waals surface area contributed by atoms with Gasteiger partial charge in [-0.05, 0) is 157 Å². The van der Waals surface area contributed by atoms with Gasteiger partial charge in [0.25, 0.3) is 0 Å². The number of carbonyl (C=O) groups excluding carboxylic acids is 3. The van der Waals surface area contributed by atoms with Crippen LogP contribution in [0.2, 0.25) is 10.0 Å². The number of hydrogen-bond acceptors (Lipinski definition) is 3. The summed E-state index contributed by atoms with van der Waals surface area (Å²) in [5.74, 6) is -1.29. The minimum Gasteiger partial charge on any atom is -0.299 e. The zero-order chi connectivity index (χ0) is 41.2. The third kappa shape index (κ3) is 11.5. The molecule has 0 spiro atoms. The van der Waals surface area contributed by atoms with Gasteiger partial charge in [0.2, 0.25) is 0 Å². The summed E-state index contributed by atoms with van der Waals surface area (Å²) in [5.41, 5.74) is 7.97. The lowest BCUT2D eigenvalue weighted by atomic mass is 9.70. The van der Waals surface area contributed by atoms with Crippen molar-refractivity contribution < 1.29 is 14.4 Å². The minimum atomic E-state index is -0.466. The fourth-order valence-corrected chi connectivity index (χ4v) is 8.57. The van der Waals surface area contributed by atoms with Crippen LogP contribution in [0.3, 0.4) is 0 Å². The molecule has 3 nitrogen and oxygen atoms in total. The highest BCUT2D eigenvalue weighted by atomic mass is 35.5. The van der Waals surface area contributed by atoms with Crippen LogP contribution in [0, 0.1) is 37.5 Å². The van der Waals surface area contributed by atoms with Crippen LogP contribution >= 0.6 is 23.2 Å². The van der Waals surface area contributed by atoms with Crippen molar-refractivity contribution in [1.29, 1.82) is 0 Å². The van der Waals surface area contributed by atoms with Gasteiger partial charge in [-0.25, -0.2) is 0 Å². The number of aryl methyl sites for hydroxylation is 4. The van der Waals surface area contributed by atoms with Crippen LogP contribution in [0.4, 0.5) is 0 Å². The van der Waals surface area contributed by atoms with E-state index >= 15 is 4.79 Å². The Morgan fingerprint density at radius 2 is 0.862 bits per heavy atom. The Bertz CT molecular complexity index is 2270. The van der Waals surface area contributed by atoms with Gasteiger partial charge < -0.3 is 0 Å². The standard InChI is InChI=1S/C53H52Cl2O3/c1-35-5-15-43-17-7-39(29-47(43)25-35)9-19-45(27-37(3)33-56)51(31-41-11-21-49(54)22-12-41)53(58)52(32-42-13-23-50(55)24-14-42)46(28-38(4)34-57)20-10-40-8-18-44-16-6-36(2)26-48(44)30-40/h5-8,11-18,21-30,33-34,45-46,51-52H,9-10,19-20,31-32H2,1-4H3. The van der Waals surface area contributed by atoms with Gasteiger partial charge >= 0.3 is 0 Å². The van der Waals surface area contributed by atoms with E-state index in [0.29, 0.717) is 46.9 Å². The third-order valence-electron chi connectivity index (χ3n) is 11.5. The summed E-state index contributed by atoms with van der Waals surface area (Å²) < 4.78 is 0. The molecule has 0 aliphatic rings. The summed E-state index contributed by atoms with van der Waals surface area (Å²) in [5, 5.41) is 6.01. The zero-order valence-electron chi connectivity index (χ0n) is 33.9. The van der Waals surface area contributed by atoms with Crippen LogP contribution in [0.15, 0.2) is 145 Å². The molecule has 0 aliphatic heterocycles. The lowest BCUT2D eigenvalue weighted by molar-refractivity contribution is -0.129. The number of allylic oxidation sites excluding steroid dienone is 4. The van der Waals surface area contributed by atoms with E-state index in [2.05, 4.69) is 86.6 Å². The molecular formula is C53H52Cl2O3. The normalized spacial score (nSPS) is 14.2. The maximum Gasteiger partial charge on any atom is 0.145 e. The zero-order valence-corrected chi connectivity index (χ0v) is 35.4. The van der Waals surface area contributed by atoms with Gasteiger partial charge in [0.15, 0.2) is 0 Å². The predicted octanol–water partition coefficient (Wildman–Crippen LogP) is 13.3. The van der Waals surface area contributed by atoms with E-state index in [4.69, 9.17) is 23.2 Å². The average Bonchev–Trinajstić information content (AvgIpc) is 3.22. The Morgan fingerprint density at radius 1 is 0.500 bits per heavy atom. The first-order valence-corrected chi connectivity index (χ1v) is 21.0. The molecule has 0 fully saturated rings. The van der Waals surface area contributed by atoms with Gasteiger partial charge in [-0.3, -0.25) is 14.4 Å². The van der Waals surface area contributed by atoms with E-state index in [0.717, 1.165) is 36.5 Å². The largest absolute Gasteiger partial charge is 0.299 e. The summed E-state index contributed by atoms with van der Waals surface area (Å²) >= 11 is 12.7. The smallest absolute Gasteiger partial charge is 0.145 e. The molecule has 0 N–H and O–H groups in total. The molecule has 0 saturated carbocycles. The molecule has 0 heterocycles. The number of carbonyl (C=O) groups is 3. The lowest BCUT2D eigenvalue weighted by Crippen LogP contribution is -2.36. The summed E-state index contributed by atoms with van der Waals surface area (Å²) in [6.45, 7) is 7.84. The van der Waals surface area contributed by atoms with Gasteiger partial charge in [-0.2, -0.15) is 0 Å². The monoisotopic (exact) mass is 806 g/mol. The van der Waals surface area contributed by atoms with Crippen molar-refractivity contribution in [1.82, 2.24) is 0 Å². The Kier molecular flexibility index (Phi) is 14.7. The molecule has 0 amide bonds. The highest BCUT2D eigenvalue weighted by Gasteiger charge is 2.36. The Hall–Kier alpha value is -5.09. The van der Waals surface area contributed by atoms with Crippen molar-refractivity contribution in [3.05, 3.63) is 188 Å². The van der Waals surface area contributed by atoms with E-state index in [1.807, 2.05) is 74.5 Å². The van der Waals surface area contributed by atoms with Crippen molar-refractivity contribution in [2.75, 3.05) is 0 Å². The Morgan fingerprint density at radius 3 is 1.24 bits per heavy atom. The first-order valence-electron chi connectivity index (χ1n) is 20.3. The number of fused-ring (bicyclic) bond motifs is 2. The van der Waals surface area contributed by atoms with E-state index in [-0.39, 0.29) is 17.6 Å². The van der Waals surface area contributed by atoms with Crippen molar-refractivity contribution in [3.63, 3.8) is 0 Å². The molecule has 0 aromatic heterocycles. The fourth-order valence-electron chi connectivity index (χ4n) is 8.31. The number of halogens is 2. The molecule has 296 valence electrons. The SMILES string of the molecule is CC(C=O)=CC(CCc1ccc2ccc(C)cc2c1)C(Cc1ccc(Cl)cc1)C(=O)C(Cc1ccc(Cl)cc1)C(C=C(C)C=O)CCc1ccc2ccc(C)cc2c1. The van der Waals surface area contributed by atoms with E-state index < -0.39 is 11.8 Å². The second-order valence-corrected chi connectivity index (χ2v) is 17.0. The quantitative estimate of drug-likeness (QED) is 0.0642. The van der Waals surface area contributed by atoms with Crippen LogP contribution in [0.5, 0.6) is 0 Å². The van der Waals surface area contributed by atoms with Gasteiger partial charge in [0.05, 0.1) is 0 Å². The lowest BCUT2D eigenvalue weighted by Gasteiger charge is -2.32. The van der Waals surface area contributed by atoms with Crippen LogP contribution in [0.25, 0.3) is 21.5 Å². The maximum absolute atomic E-state index is 15.8. The number of Topliss-reactive ketones (excluding diaryl/α,β-unsaturated/α-hetero) is 1. The van der Waals surface area contributed by atoms with Crippen LogP contribution < -0.4 is 0 Å². The molecular weight excluding hydrogens is 755 g/mol. The van der Waals surface area contributed by atoms with Crippen LogP contribution in [-0.4, -0.2) is 18.4 Å². The summed E-state index contributed by atoms with van der Waals surface area (Å²) in [6.07, 6.45) is 9.54. The molecule has 0 aliphatic carbocycles. The summed E-state index contributed by atoms with van der Waals surface area (Å²) in [4.78, 5) is 40.3. The van der Waals surface area contributed by atoms with Crippen molar-refractivity contribution in [2.24, 2.45) is 23.7 Å². The first-order chi connectivity index (χ1) is 28.0. The van der Waals surface area contributed by atoms with Gasteiger partial charge in [0, 0.05) is 21.9 Å². The number of aldehydes is 2. The molecule has 0 radical (unpaired) electrons. The van der Waals surface area contributed by atoms with Gasteiger partial charge in [-0.15, -0.1) is 0 Å². The molecule has 0 bridgehead atoms. The number of ketones is 1. The fraction of sp³-hybridized carbons (Fsp3) is 0.264. The predicted molar refractivity (Wildman–Crippen MR) is 243 cm³/mol. The first kappa shape index (κ1) is 42.5. The average molecular weight is 808 g/mol. The highest BCUT2D eigenvalue weighted by molar-refractivity contribution is 6.30. The van der Waals surface area contributed by atoms with Crippen molar-refractivity contribution in [3.8, 4) is 0 Å². The minimum absolute atomic E-state index is 0.119. The van der Waals surface area contributed by atoms with E-state index in [1.54, 1.807) is 0 Å². The second kappa shape index (κ2) is 20.1. The highest BCUT2D eigenvalue weighted by Crippen LogP contribution is 2.36. The molecule has 4 atom stereocenters. The second-order valence-electron chi connectivity index (χ2n) is 16.1. The number of rotatable bonds is 18. The Labute approximate surface area is 353 Å². The molecule has 6 aromatic carbocycles. The van der Waals surface area contributed by atoms with Crippen molar-refractivity contribution in [2.45, 2.75) is 66.2 Å². The molecule has 4 unspecified atom stereocenters. The summed E-state index contributed by atoms with van der Waals surface area (Å²) in [6, 6.07) is 41.5. The number of hydrogen-bond donors (Lipinski definition) is 0. The molecule has 0 saturated heterocycles. The molecule has 6 rings (SSSR count). The van der Waals surface area contributed by atoms with Crippen LogP contribution in [0.1, 0.15) is 60.1 Å². The van der Waals surface area contributed by atoms with Gasteiger partial charge in [-0.1, -0.05) is 144 Å². The molecule has 58 heavy (non-hydrogen) atoms. The Balaban J connectivity index is 1.42. The maximum atomic E-state index is 15.8. The topological polar surface area (TPSA) is 51.2 Å². The number of benzene rings is 6. The summed E-state index contributed by atoms with van der Waals surface area (Å²) in [7, 11) is 0.